The first-order valence-electron chi connectivity index (χ1n) is 6.35. The van der Waals surface area contributed by atoms with E-state index < -0.39 is 0 Å². The Balaban J connectivity index is 2.17. The van der Waals surface area contributed by atoms with Crippen molar-refractivity contribution in [1.82, 2.24) is 4.98 Å². The molecule has 2 heterocycles. The van der Waals surface area contributed by atoms with E-state index in [1.807, 2.05) is 13.1 Å². The van der Waals surface area contributed by atoms with Crippen LogP contribution in [0, 0.1) is 6.92 Å². The smallest absolute Gasteiger partial charge is 0.230 e. The number of aliphatic hydroxyl groups is 1. The maximum atomic E-state index is 9.21. The SMILES string of the molecule is Cc1nc(-c2cc(Cl)cc3c2OCCN3C)oc1CO. The number of nitrogens with zero attached hydrogens (tertiary/aromatic N) is 2. The van der Waals surface area contributed by atoms with Crippen LogP contribution in [0.5, 0.6) is 5.75 Å². The number of rotatable bonds is 2. The minimum absolute atomic E-state index is 0.178. The minimum atomic E-state index is -0.178. The quantitative estimate of drug-likeness (QED) is 0.922. The van der Waals surface area contributed by atoms with Crippen molar-refractivity contribution in [2.24, 2.45) is 0 Å². The van der Waals surface area contributed by atoms with E-state index in [1.54, 1.807) is 13.0 Å². The van der Waals surface area contributed by atoms with Gasteiger partial charge in [-0.25, -0.2) is 4.98 Å². The molecule has 3 rings (SSSR count). The number of halogens is 1. The second-order valence-corrected chi connectivity index (χ2v) is 5.19. The Morgan fingerprint density at radius 2 is 2.25 bits per heavy atom. The third-order valence-electron chi connectivity index (χ3n) is 3.39. The average Bonchev–Trinajstić information content (AvgIpc) is 2.80. The molecule has 1 aromatic carbocycles. The zero-order valence-corrected chi connectivity index (χ0v) is 12.1. The first-order chi connectivity index (χ1) is 9.60. The maximum Gasteiger partial charge on any atom is 0.230 e. The monoisotopic (exact) mass is 294 g/mol. The van der Waals surface area contributed by atoms with Gasteiger partial charge in [0.1, 0.15) is 13.2 Å². The van der Waals surface area contributed by atoms with Gasteiger partial charge in [0.05, 0.1) is 23.5 Å². The molecule has 20 heavy (non-hydrogen) atoms. The Hall–Kier alpha value is -1.72. The lowest BCUT2D eigenvalue weighted by atomic mass is 10.1. The van der Waals surface area contributed by atoms with Gasteiger partial charge in [-0.1, -0.05) is 11.6 Å². The van der Waals surface area contributed by atoms with E-state index in [9.17, 15) is 5.11 Å². The third-order valence-corrected chi connectivity index (χ3v) is 3.60. The lowest BCUT2D eigenvalue weighted by molar-refractivity contribution is 0.247. The fourth-order valence-electron chi connectivity index (χ4n) is 2.27. The molecule has 0 amide bonds. The van der Waals surface area contributed by atoms with Gasteiger partial charge >= 0.3 is 0 Å². The Bertz CT molecular complexity index is 654. The predicted octanol–water partition coefficient (Wildman–Crippen LogP) is 2.62. The van der Waals surface area contributed by atoms with Gasteiger partial charge in [0.2, 0.25) is 5.89 Å². The number of aliphatic hydroxyl groups excluding tert-OH is 1. The van der Waals surface area contributed by atoms with E-state index >= 15 is 0 Å². The molecular formula is C14H15ClN2O3. The van der Waals surface area contributed by atoms with Crippen molar-refractivity contribution in [2.45, 2.75) is 13.5 Å². The van der Waals surface area contributed by atoms with Crippen molar-refractivity contribution in [1.29, 1.82) is 0 Å². The van der Waals surface area contributed by atoms with E-state index in [-0.39, 0.29) is 6.61 Å². The van der Waals surface area contributed by atoms with E-state index in [2.05, 4.69) is 9.88 Å². The zero-order chi connectivity index (χ0) is 14.3. The lowest BCUT2D eigenvalue weighted by Crippen LogP contribution is -2.29. The number of oxazole rings is 1. The van der Waals surface area contributed by atoms with E-state index in [0.29, 0.717) is 40.3 Å². The van der Waals surface area contributed by atoms with Gasteiger partial charge in [0.25, 0.3) is 0 Å². The molecule has 6 heteroatoms. The molecule has 0 unspecified atom stereocenters. The molecule has 0 atom stereocenters. The van der Waals surface area contributed by atoms with Gasteiger partial charge in [-0.05, 0) is 19.1 Å². The van der Waals surface area contributed by atoms with Crippen LogP contribution in [0.2, 0.25) is 5.02 Å². The van der Waals surface area contributed by atoms with Crippen LogP contribution < -0.4 is 9.64 Å². The first kappa shape index (κ1) is 13.3. The summed E-state index contributed by atoms with van der Waals surface area (Å²) in [6.45, 7) is 3.02. The number of likely N-dealkylation sites (N-methyl/N-ethyl adjacent to an activating group) is 1. The van der Waals surface area contributed by atoms with E-state index in [1.165, 1.54) is 0 Å². The predicted molar refractivity (Wildman–Crippen MR) is 76.4 cm³/mol. The summed E-state index contributed by atoms with van der Waals surface area (Å²) in [5.41, 5.74) is 2.29. The summed E-state index contributed by atoms with van der Waals surface area (Å²) in [6.07, 6.45) is 0. The van der Waals surface area contributed by atoms with Crippen molar-refractivity contribution >= 4 is 17.3 Å². The summed E-state index contributed by atoms with van der Waals surface area (Å²) < 4.78 is 11.3. The molecule has 1 aliphatic heterocycles. The number of hydrogen-bond donors (Lipinski definition) is 1. The summed E-state index contributed by atoms with van der Waals surface area (Å²) in [6, 6.07) is 3.63. The highest BCUT2D eigenvalue weighted by Gasteiger charge is 2.23. The van der Waals surface area contributed by atoms with Crippen molar-refractivity contribution in [3.05, 3.63) is 28.6 Å². The van der Waals surface area contributed by atoms with Crippen LogP contribution in [-0.4, -0.2) is 30.3 Å². The zero-order valence-electron chi connectivity index (χ0n) is 11.3. The molecule has 1 aromatic heterocycles. The summed E-state index contributed by atoms with van der Waals surface area (Å²) >= 11 is 6.18. The molecule has 0 radical (unpaired) electrons. The third kappa shape index (κ3) is 2.13. The molecule has 0 saturated heterocycles. The van der Waals surface area contributed by atoms with Gasteiger partial charge in [-0.15, -0.1) is 0 Å². The van der Waals surface area contributed by atoms with Crippen LogP contribution in [0.3, 0.4) is 0 Å². The molecule has 2 aromatic rings. The number of benzene rings is 1. The van der Waals surface area contributed by atoms with Crippen molar-refractivity contribution in [3.63, 3.8) is 0 Å². The fraction of sp³-hybridized carbons (Fsp3) is 0.357. The highest BCUT2D eigenvalue weighted by Crippen LogP contribution is 2.42. The van der Waals surface area contributed by atoms with Crippen LogP contribution in [0.4, 0.5) is 5.69 Å². The van der Waals surface area contributed by atoms with Gasteiger partial charge in [0.15, 0.2) is 11.5 Å². The van der Waals surface area contributed by atoms with Gasteiger partial charge in [0, 0.05) is 12.1 Å². The summed E-state index contributed by atoms with van der Waals surface area (Å²) in [5, 5.41) is 9.81. The van der Waals surface area contributed by atoms with E-state index in [0.717, 1.165) is 12.2 Å². The Morgan fingerprint density at radius 3 is 2.95 bits per heavy atom. The molecule has 0 fully saturated rings. The number of ether oxygens (including phenoxy) is 1. The van der Waals surface area contributed by atoms with Gasteiger partial charge < -0.3 is 19.2 Å². The number of aryl methyl sites for hydroxylation is 1. The van der Waals surface area contributed by atoms with Crippen LogP contribution in [0.15, 0.2) is 16.5 Å². The second kappa shape index (κ2) is 5.00. The van der Waals surface area contributed by atoms with Crippen LogP contribution in [0.25, 0.3) is 11.5 Å². The van der Waals surface area contributed by atoms with Crippen molar-refractivity contribution in [2.75, 3.05) is 25.1 Å². The number of anilines is 1. The molecule has 106 valence electrons. The minimum Gasteiger partial charge on any atom is -0.489 e. The standard InChI is InChI=1S/C14H15ClN2O3/c1-8-12(7-18)20-14(16-8)10-5-9(15)6-11-13(10)19-4-3-17(11)2/h5-6,18H,3-4,7H2,1-2H3. The fourth-order valence-corrected chi connectivity index (χ4v) is 2.48. The average molecular weight is 295 g/mol. The molecule has 0 spiro atoms. The molecular weight excluding hydrogens is 280 g/mol. The second-order valence-electron chi connectivity index (χ2n) is 4.76. The Kier molecular flexibility index (Phi) is 3.31. The van der Waals surface area contributed by atoms with Crippen LogP contribution in [0.1, 0.15) is 11.5 Å². The molecule has 1 N–H and O–H groups in total. The summed E-state index contributed by atoms with van der Waals surface area (Å²) in [7, 11) is 1.99. The van der Waals surface area contributed by atoms with Crippen LogP contribution >= 0.6 is 11.6 Å². The normalized spacial score (nSPS) is 14.1. The number of aromatic nitrogens is 1. The molecule has 1 aliphatic rings. The van der Waals surface area contributed by atoms with Crippen LogP contribution in [-0.2, 0) is 6.61 Å². The van der Waals surface area contributed by atoms with Crippen molar-refractivity contribution < 1.29 is 14.3 Å². The number of fused-ring (bicyclic) bond motifs is 1. The largest absolute Gasteiger partial charge is 0.489 e. The maximum absolute atomic E-state index is 9.21. The highest BCUT2D eigenvalue weighted by molar-refractivity contribution is 6.31. The highest BCUT2D eigenvalue weighted by atomic mass is 35.5. The summed E-state index contributed by atoms with van der Waals surface area (Å²) in [5.74, 6) is 1.59. The lowest BCUT2D eigenvalue weighted by Gasteiger charge is -2.28. The molecule has 0 bridgehead atoms. The van der Waals surface area contributed by atoms with Crippen molar-refractivity contribution in [3.8, 4) is 17.2 Å². The van der Waals surface area contributed by atoms with E-state index in [4.69, 9.17) is 20.8 Å². The summed E-state index contributed by atoms with van der Waals surface area (Å²) in [4.78, 5) is 6.42. The van der Waals surface area contributed by atoms with Gasteiger partial charge in [-0.2, -0.15) is 0 Å². The molecule has 0 aliphatic carbocycles. The molecule has 0 saturated carbocycles. The van der Waals surface area contributed by atoms with Gasteiger partial charge in [-0.3, -0.25) is 0 Å². The number of hydrogen-bond acceptors (Lipinski definition) is 5. The first-order valence-corrected chi connectivity index (χ1v) is 6.73. The Morgan fingerprint density at radius 1 is 1.45 bits per heavy atom. The Labute approximate surface area is 121 Å². The topological polar surface area (TPSA) is 58.7 Å². The molecule has 5 nitrogen and oxygen atoms in total.